The highest BCUT2D eigenvalue weighted by Crippen LogP contribution is 2.19. The number of nitrogens with two attached hydrogens (primary N) is 2. The summed E-state index contributed by atoms with van der Waals surface area (Å²) in [7, 11) is 0. The molecule has 1 amide bonds. The molecule has 6 N–H and O–H groups in total. The summed E-state index contributed by atoms with van der Waals surface area (Å²) in [6.45, 7) is 3.63. The highest BCUT2D eigenvalue weighted by atomic mass is 35.5. The molecular formula is C20H23ClF3N5O. The van der Waals surface area contributed by atoms with E-state index in [1.165, 1.54) is 12.1 Å². The average Bonchev–Trinajstić information content (AvgIpc) is 2.62. The SMILES string of the molecule is CC(C)NC(=NC(N)CC(N)c1cc(F)cc(F)c1)NC(=O)c1ccc(Cl)c(F)c1. The van der Waals surface area contributed by atoms with Crippen molar-refractivity contribution in [3.63, 3.8) is 0 Å². The van der Waals surface area contributed by atoms with Crippen molar-refractivity contribution < 1.29 is 18.0 Å². The lowest BCUT2D eigenvalue weighted by atomic mass is 10.0. The highest BCUT2D eigenvalue weighted by molar-refractivity contribution is 6.30. The fourth-order valence-electron chi connectivity index (χ4n) is 2.60. The van der Waals surface area contributed by atoms with E-state index in [0.29, 0.717) is 0 Å². The summed E-state index contributed by atoms with van der Waals surface area (Å²) in [6, 6.07) is 5.72. The van der Waals surface area contributed by atoms with Crippen LogP contribution in [0.4, 0.5) is 13.2 Å². The van der Waals surface area contributed by atoms with Crippen LogP contribution in [0, 0.1) is 17.5 Å². The van der Waals surface area contributed by atoms with E-state index in [9.17, 15) is 18.0 Å². The van der Waals surface area contributed by atoms with E-state index in [1.54, 1.807) is 0 Å². The maximum Gasteiger partial charge on any atom is 0.258 e. The third-order valence-electron chi connectivity index (χ3n) is 3.94. The van der Waals surface area contributed by atoms with Gasteiger partial charge in [-0.15, -0.1) is 0 Å². The molecule has 0 saturated heterocycles. The third kappa shape index (κ3) is 7.01. The van der Waals surface area contributed by atoms with Crippen LogP contribution >= 0.6 is 11.6 Å². The molecule has 0 bridgehead atoms. The number of rotatable bonds is 6. The first-order valence-corrected chi connectivity index (χ1v) is 9.51. The lowest BCUT2D eigenvalue weighted by Crippen LogP contribution is -2.45. The van der Waals surface area contributed by atoms with Gasteiger partial charge in [-0.3, -0.25) is 10.1 Å². The van der Waals surface area contributed by atoms with Crippen LogP contribution in [0.3, 0.4) is 0 Å². The number of nitrogens with zero attached hydrogens (tertiary/aromatic N) is 1. The van der Waals surface area contributed by atoms with Gasteiger partial charge in [-0.25, -0.2) is 18.2 Å². The Labute approximate surface area is 177 Å². The summed E-state index contributed by atoms with van der Waals surface area (Å²) >= 11 is 5.63. The van der Waals surface area contributed by atoms with Crippen LogP contribution < -0.4 is 22.1 Å². The van der Waals surface area contributed by atoms with Crippen molar-refractivity contribution >= 4 is 23.5 Å². The van der Waals surface area contributed by atoms with Crippen molar-refractivity contribution in [1.29, 1.82) is 0 Å². The summed E-state index contributed by atoms with van der Waals surface area (Å²) in [5, 5.41) is 5.34. The van der Waals surface area contributed by atoms with Crippen LogP contribution in [0.2, 0.25) is 5.02 Å². The maximum absolute atomic E-state index is 13.6. The molecular weight excluding hydrogens is 419 g/mol. The van der Waals surface area contributed by atoms with E-state index in [4.69, 9.17) is 23.1 Å². The molecule has 0 fully saturated rings. The van der Waals surface area contributed by atoms with Crippen LogP contribution in [-0.2, 0) is 0 Å². The van der Waals surface area contributed by atoms with Crippen molar-refractivity contribution in [2.24, 2.45) is 16.5 Å². The van der Waals surface area contributed by atoms with Gasteiger partial charge in [-0.2, -0.15) is 0 Å². The first kappa shape index (κ1) is 23.7. The Morgan fingerprint density at radius 3 is 2.30 bits per heavy atom. The van der Waals surface area contributed by atoms with E-state index in [-0.39, 0.29) is 34.6 Å². The Balaban J connectivity index is 2.14. The van der Waals surface area contributed by atoms with Crippen LogP contribution in [0.25, 0.3) is 0 Å². The first-order valence-electron chi connectivity index (χ1n) is 9.13. The molecule has 10 heteroatoms. The molecule has 162 valence electrons. The molecule has 30 heavy (non-hydrogen) atoms. The zero-order chi connectivity index (χ0) is 22.4. The van der Waals surface area contributed by atoms with Gasteiger partial charge < -0.3 is 16.8 Å². The van der Waals surface area contributed by atoms with Crippen LogP contribution in [-0.4, -0.2) is 24.1 Å². The van der Waals surface area contributed by atoms with Crippen molar-refractivity contribution in [3.05, 3.63) is 70.0 Å². The first-order chi connectivity index (χ1) is 14.0. The van der Waals surface area contributed by atoms with Gasteiger partial charge in [0.05, 0.1) is 5.02 Å². The molecule has 0 heterocycles. The van der Waals surface area contributed by atoms with Crippen LogP contribution in [0.15, 0.2) is 41.4 Å². The molecule has 2 rings (SSSR count). The predicted molar refractivity (Wildman–Crippen MR) is 110 cm³/mol. The minimum Gasteiger partial charge on any atom is -0.354 e. The topological polar surface area (TPSA) is 106 Å². The minimum atomic E-state index is -0.894. The average molecular weight is 442 g/mol. The molecule has 0 aromatic heterocycles. The summed E-state index contributed by atoms with van der Waals surface area (Å²) < 4.78 is 40.4. The lowest BCUT2D eigenvalue weighted by Gasteiger charge is -2.19. The normalized spacial score (nSPS) is 13.8. The molecule has 0 aliphatic carbocycles. The number of amides is 1. The molecule has 0 spiro atoms. The fourth-order valence-corrected chi connectivity index (χ4v) is 2.72. The largest absolute Gasteiger partial charge is 0.354 e. The van der Waals surface area contributed by atoms with Gasteiger partial charge in [-0.1, -0.05) is 11.6 Å². The second-order valence-electron chi connectivity index (χ2n) is 6.97. The number of benzene rings is 2. The number of carbonyl (C=O) groups is 1. The number of aliphatic imine (C=N–C) groups is 1. The van der Waals surface area contributed by atoms with E-state index < -0.39 is 35.6 Å². The standard InChI is InChI=1S/C20H23ClF3N5O/c1-10(2)27-20(29-19(30)11-3-4-15(21)16(24)7-11)28-18(26)9-17(25)12-5-13(22)8-14(23)6-12/h3-8,10,17-18H,9,25-26H2,1-2H3,(H2,27,28,29,30). The van der Waals surface area contributed by atoms with Gasteiger partial charge in [0, 0.05) is 30.1 Å². The van der Waals surface area contributed by atoms with Gasteiger partial charge in [0.1, 0.15) is 23.6 Å². The Kier molecular flexibility index (Phi) is 8.22. The van der Waals surface area contributed by atoms with Gasteiger partial charge in [0.25, 0.3) is 5.91 Å². The predicted octanol–water partition coefficient (Wildman–Crippen LogP) is 3.22. The zero-order valence-corrected chi connectivity index (χ0v) is 17.2. The fraction of sp³-hybridized carbons (Fsp3) is 0.300. The smallest absolute Gasteiger partial charge is 0.258 e. The summed E-state index contributed by atoms with van der Waals surface area (Å²) in [5.41, 5.74) is 12.3. The van der Waals surface area contributed by atoms with E-state index in [0.717, 1.165) is 24.3 Å². The number of carbonyl (C=O) groups excluding carboxylic acids is 1. The molecule has 0 saturated carbocycles. The molecule has 2 unspecified atom stereocenters. The Hall–Kier alpha value is -2.62. The molecule has 0 radical (unpaired) electrons. The summed E-state index contributed by atoms with van der Waals surface area (Å²) in [6.07, 6.45) is -0.840. The van der Waals surface area contributed by atoms with E-state index >= 15 is 0 Å². The number of halogens is 4. The molecule has 0 aliphatic rings. The number of nitrogens with one attached hydrogen (secondary N) is 2. The van der Waals surface area contributed by atoms with E-state index in [2.05, 4.69) is 15.6 Å². The molecule has 2 atom stereocenters. The Morgan fingerprint density at radius 2 is 1.73 bits per heavy atom. The van der Waals surface area contributed by atoms with Crippen molar-refractivity contribution in [2.75, 3.05) is 0 Å². The van der Waals surface area contributed by atoms with Gasteiger partial charge in [0.15, 0.2) is 5.96 Å². The number of guanidine groups is 1. The Morgan fingerprint density at radius 1 is 1.10 bits per heavy atom. The number of hydrogen-bond acceptors (Lipinski definition) is 4. The summed E-state index contributed by atoms with van der Waals surface area (Å²) in [5.74, 6) is -2.80. The second-order valence-corrected chi connectivity index (χ2v) is 7.38. The van der Waals surface area contributed by atoms with E-state index in [1.807, 2.05) is 13.8 Å². The maximum atomic E-state index is 13.6. The molecule has 2 aromatic carbocycles. The van der Waals surface area contributed by atoms with Gasteiger partial charge in [-0.05, 0) is 49.7 Å². The quantitative estimate of drug-likeness (QED) is 0.408. The van der Waals surface area contributed by atoms with Crippen LogP contribution in [0.1, 0.15) is 42.2 Å². The zero-order valence-electron chi connectivity index (χ0n) is 16.4. The van der Waals surface area contributed by atoms with Crippen molar-refractivity contribution in [3.8, 4) is 0 Å². The molecule has 6 nitrogen and oxygen atoms in total. The van der Waals surface area contributed by atoms with Crippen LogP contribution in [0.5, 0.6) is 0 Å². The van der Waals surface area contributed by atoms with Crippen molar-refractivity contribution in [2.45, 2.75) is 38.5 Å². The molecule has 2 aromatic rings. The van der Waals surface area contributed by atoms with Gasteiger partial charge >= 0.3 is 0 Å². The molecule has 0 aliphatic heterocycles. The third-order valence-corrected chi connectivity index (χ3v) is 4.25. The monoisotopic (exact) mass is 441 g/mol. The Bertz CT molecular complexity index is 918. The minimum absolute atomic E-state index is 0.0377. The van der Waals surface area contributed by atoms with Gasteiger partial charge in [0.2, 0.25) is 0 Å². The highest BCUT2D eigenvalue weighted by Gasteiger charge is 2.16. The number of hydrogen-bond donors (Lipinski definition) is 4. The lowest BCUT2D eigenvalue weighted by molar-refractivity contribution is 0.0975. The summed E-state index contributed by atoms with van der Waals surface area (Å²) in [4.78, 5) is 16.6. The second kappa shape index (κ2) is 10.4. The van der Waals surface area contributed by atoms with Crippen molar-refractivity contribution in [1.82, 2.24) is 10.6 Å².